The summed E-state index contributed by atoms with van der Waals surface area (Å²) in [7, 11) is 0. The second-order valence-corrected chi connectivity index (χ2v) is 4.94. The van der Waals surface area contributed by atoms with Crippen molar-refractivity contribution in [2.75, 3.05) is 6.79 Å². The molecule has 0 saturated carbocycles. The van der Waals surface area contributed by atoms with Crippen LogP contribution in [0.2, 0.25) is 0 Å². The van der Waals surface area contributed by atoms with Crippen molar-refractivity contribution in [1.82, 2.24) is 0 Å². The molecule has 0 spiro atoms. The second kappa shape index (κ2) is 5.40. The molecule has 0 atom stereocenters. The lowest BCUT2D eigenvalue weighted by molar-refractivity contribution is -0.116. The van der Waals surface area contributed by atoms with Crippen molar-refractivity contribution >= 4 is 11.6 Å². The van der Waals surface area contributed by atoms with Crippen LogP contribution < -0.4 is 9.47 Å². The molecule has 0 radical (unpaired) electrons. The van der Waals surface area contributed by atoms with E-state index < -0.39 is 0 Å². The normalized spacial score (nSPS) is 12.2. The van der Waals surface area contributed by atoms with Gasteiger partial charge in [0.25, 0.3) is 0 Å². The maximum absolute atomic E-state index is 12.6. The highest BCUT2D eigenvalue weighted by Crippen LogP contribution is 2.35. The average Bonchev–Trinajstić information content (AvgIpc) is 2.93. The Morgan fingerprint density at radius 2 is 1.71 bits per heavy atom. The lowest BCUT2D eigenvalue weighted by atomic mass is 9.95. The van der Waals surface area contributed by atoms with Crippen molar-refractivity contribution in [3.8, 4) is 11.5 Å². The highest BCUT2D eigenvalue weighted by molar-refractivity contribution is 6.10. The molecule has 2 aromatic rings. The molecule has 0 aromatic heterocycles. The van der Waals surface area contributed by atoms with E-state index in [0.29, 0.717) is 28.2 Å². The van der Waals surface area contributed by atoms with Gasteiger partial charge in [-0.15, -0.1) is 0 Å². The van der Waals surface area contributed by atoms with Crippen LogP contribution in [0.3, 0.4) is 0 Å². The number of carbonyl (C=O) groups excluding carboxylic acids is 2. The van der Waals surface area contributed by atoms with Crippen LogP contribution in [0, 0.1) is 0 Å². The smallest absolute Gasteiger partial charge is 0.231 e. The molecule has 1 aliphatic heterocycles. The van der Waals surface area contributed by atoms with Gasteiger partial charge in [0.1, 0.15) is 5.78 Å². The van der Waals surface area contributed by atoms with Gasteiger partial charge in [0.05, 0.1) is 0 Å². The highest BCUT2D eigenvalue weighted by Gasteiger charge is 2.22. The fourth-order valence-corrected chi connectivity index (χ4v) is 2.35. The first-order chi connectivity index (χ1) is 10.1. The minimum Gasteiger partial charge on any atom is -0.454 e. The molecule has 3 rings (SSSR count). The average molecular weight is 282 g/mol. The zero-order valence-corrected chi connectivity index (χ0v) is 11.6. The van der Waals surface area contributed by atoms with Crippen LogP contribution in [0.25, 0.3) is 0 Å². The summed E-state index contributed by atoms with van der Waals surface area (Å²) in [4.78, 5) is 24.1. The van der Waals surface area contributed by atoms with Crippen LogP contribution in [0.15, 0.2) is 42.5 Å². The first-order valence-corrected chi connectivity index (χ1v) is 6.67. The minimum atomic E-state index is -0.120. The lowest BCUT2D eigenvalue weighted by Gasteiger charge is -2.09. The summed E-state index contributed by atoms with van der Waals surface area (Å²) in [5.41, 5.74) is 1.74. The SMILES string of the molecule is CC(=O)Cc1cc2c(cc1C(=O)c1ccccc1)OCO2. The molecule has 106 valence electrons. The predicted octanol–water partition coefficient (Wildman–Crippen LogP) is 2.78. The lowest BCUT2D eigenvalue weighted by Crippen LogP contribution is -2.08. The Balaban J connectivity index is 2.07. The summed E-state index contributed by atoms with van der Waals surface area (Å²) < 4.78 is 10.6. The molecule has 4 nitrogen and oxygen atoms in total. The molecule has 21 heavy (non-hydrogen) atoms. The second-order valence-electron chi connectivity index (χ2n) is 4.94. The molecular weight excluding hydrogens is 268 g/mol. The molecule has 1 heterocycles. The van der Waals surface area contributed by atoms with Crippen LogP contribution in [0.1, 0.15) is 28.4 Å². The Hall–Kier alpha value is -2.62. The molecule has 4 heteroatoms. The van der Waals surface area contributed by atoms with Gasteiger partial charge in [-0.05, 0) is 24.6 Å². The summed E-state index contributed by atoms with van der Waals surface area (Å²) in [6.07, 6.45) is 0.199. The maximum atomic E-state index is 12.6. The molecule has 0 unspecified atom stereocenters. The van der Waals surface area contributed by atoms with Gasteiger partial charge in [0.15, 0.2) is 17.3 Å². The van der Waals surface area contributed by atoms with Gasteiger partial charge in [-0.3, -0.25) is 9.59 Å². The standard InChI is InChI=1S/C17H14O4/c1-11(18)7-13-8-15-16(21-10-20-15)9-14(13)17(19)12-5-3-2-4-6-12/h2-6,8-9H,7,10H2,1H3. The third-order valence-electron chi connectivity index (χ3n) is 3.32. The van der Waals surface area contributed by atoms with E-state index in [-0.39, 0.29) is 24.8 Å². The number of hydrogen-bond donors (Lipinski definition) is 0. The van der Waals surface area contributed by atoms with Gasteiger partial charge in [0.2, 0.25) is 6.79 Å². The van der Waals surface area contributed by atoms with Crippen LogP contribution in [0.4, 0.5) is 0 Å². The van der Waals surface area contributed by atoms with Crippen LogP contribution >= 0.6 is 0 Å². The summed E-state index contributed by atoms with van der Waals surface area (Å²) in [6, 6.07) is 12.4. The van der Waals surface area contributed by atoms with Gasteiger partial charge >= 0.3 is 0 Å². The fraction of sp³-hybridized carbons (Fsp3) is 0.176. The summed E-state index contributed by atoms with van der Waals surface area (Å²) in [5.74, 6) is 0.999. The van der Waals surface area contributed by atoms with Crippen LogP contribution in [0.5, 0.6) is 11.5 Å². The summed E-state index contributed by atoms with van der Waals surface area (Å²) in [5, 5.41) is 0. The quantitative estimate of drug-likeness (QED) is 0.809. The Kier molecular flexibility index (Phi) is 3.44. The minimum absolute atomic E-state index is 0.00373. The summed E-state index contributed by atoms with van der Waals surface area (Å²) in [6.45, 7) is 1.64. The molecule has 0 fully saturated rings. The largest absolute Gasteiger partial charge is 0.454 e. The zero-order valence-electron chi connectivity index (χ0n) is 11.6. The zero-order chi connectivity index (χ0) is 14.8. The number of Topliss-reactive ketones (excluding diaryl/α,β-unsaturated/α-hetero) is 1. The maximum Gasteiger partial charge on any atom is 0.231 e. The number of ketones is 2. The Bertz CT molecular complexity index is 704. The van der Waals surface area contributed by atoms with Gasteiger partial charge in [-0.25, -0.2) is 0 Å². The number of fused-ring (bicyclic) bond motifs is 1. The van der Waals surface area contributed by atoms with Crippen LogP contribution in [-0.2, 0) is 11.2 Å². The molecule has 2 aromatic carbocycles. The predicted molar refractivity (Wildman–Crippen MR) is 76.8 cm³/mol. The number of ether oxygens (including phenoxy) is 2. The van der Waals surface area contributed by atoms with Crippen molar-refractivity contribution < 1.29 is 19.1 Å². The van der Waals surface area contributed by atoms with E-state index in [2.05, 4.69) is 0 Å². The molecule has 0 saturated heterocycles. The fourth-order valence-electron chi connectivity index (χ4n) is 2.35. The number of hydrogen-bond acceptors (Lipinski definition) is 4. The molecular formula is C17H14O4. The first kappa shape index (κ1) is 13.4. The van der Waals surface area contributed by atoms with Crippen LogP contribution in [-0.4, -0.2) is 18.4 Å². The Morgan fingerprint density at radius 3 is 2.38 bits per heavy atom. The van der Waals surface area contributed by atoms with Gasteiger partial charge < -0.3 is 9.47 Å². The Labute approximate surface area is 122 Å². The van der Waals surface area contributed by atoms with E-state index in [1.165, 1.54) is 6.92 Å². The Morgan fingerprint density at radius 1 is 1.05 bits per heavy atom. The molecule has 0 N–H and O–H groups in total. The third-order valence-corrected chi connectivity index (χ3v) is 3.32. The third kappa shape index (κ3) is 2.65. The van der Waals surface area contributed by atoms with E-state index in [0.717, 1.165) is 0 Å². The van der Waals surface area contributed by atoms with E-state index in [9.17, 15) is 9.59 Å². The van der Waals surface area contributed by atoms with Crippen molar-refractivity contribution in [3.05, 3.63) is 59.2 Å². The number of benzene rings is 2. The van der Waals surface area contributed by atoms with Crippen molar-refractivity contribution in [2.45, 2.75) is 13.3 Å². The van der Waals surface area contributed by atoms with E-state index in [1.54, 1.807) is 24.3 Å². The number of carbonyl (C=O) groups is 2. The van der Waals surface area contributed by atoms with Crippen molar-refractivity contribution in [3.63, 3.8) is 0 Å². The highest BCUT2D eigenvalue weighted by atomic mass is 16.7. The molecule has 0 amide bonds. The van der Waals surface area contributed by atoms with E-state index >= 15 is 0 Å². The van der Waals surface area contributed by atoms with E-state index in [4.69, 9.17) is 9.47 Å². The molecule has 1 aliphatic rings. The van der Waals surface area contributed by atoms with Crippen molar-refractivity contribution in [2.24, 2.45) is 0 Å². The van der Waals surface area contributed by atoms with E-state index in [1.807, 2.05) is 18.2 Å². The van der Waals surface area contributed by atoms with Crippen molar-refractivity contribution in [1.29, 1.82) is 0 Å². The number of rotatable bonds is 4. The first-order valence-electron chi connectivity index (χ1n) is 6.67. The topological polar surface area (TPSA) is 52.6 Å². The summed E-state index contributed by atoms with van der Waals surface area (Å²) >= 11 is 0. The van der Waals surface area contributed by atoms with Gasteiger partial charge in [-0.2, -0.15) is 0 Å². The molecule has 0 aliphatic carbocycles. The van der Waals surface area contributed by atoms with Gasteiger partial charge in [-0.1, -0.05) is 30.3 Å². The van der Waals surface area contributed by atoms with Gasteiger partial charge in [0, 0.05) is 17.5 Å². The molecule has 0 bridgehead atoms. The monoisotopic (exact) mass is 282 g/mol.